The Morgan fingerprint density at radius 3 is 1.91 bits per heavy atom. The Balaban J connectivity index is 1.72. The van der Waals surface area contributed by atoms with Gasteiger partial charge in [0.1, 0.15) is 21.2 Å². The zero-order valence-electron chi connectivity index (χ0n) is 24.2. The minimum absolute atomic E-state index is 0.129. The summed E-state index contributed by atoms with van der Waals surface area (Å²) in [5.74, 6) is -1.98. The number of para-hydroxylation sites is 2. The summed E-state index contributed by atoms with van der Waals surface area (Å²) >= 11 is 0. The van der Waals surface area contributed by atoms with E-state index in [1.54, 1.807) is 0 Å². The van der Waals surface area contributed by atoms with E-state index in [2.05, 4.69) is 10.2 Å². The minimum atomic E-state index is -4.75. The number of carbonyl (C=O) groups is 3. The SMILES string of the molecule is CC(=O)C1=NN(c2c(C)cccc2S(=O)(=O)O)C(=O)\C1=C/C=C/C=C/c1c(C(C)=O)[nH]n(-c2c(C)cccc2S(=O)(=O)O)c1=O. The summed E-state index contributed by atoms with van der Waals surface area (Å²) in [5, 5.41) is 7.33. The van der Waals surface area contributed by atoms with E-state index in [9.17, 15) is 45.1 Å². The van der Waals surface area contributed by atoms with Crippen LogP contribution in [0.3, 0.4) is 0 Å². The fourth-order valence-corrected chi connectivity index (χ4v) is 6.10. The number of aryl methyl sites for hydroxylation is 2. The molecular formula is C29H26N4O10S2. The summed E-state index contributed by atoms with van der Waals surface area (Å²) in [6.45, 7) is 5.37. The maximum Gasteiger partial charge on any atom is 0.296 e. The monoisotopic (exact) mass is 654 g/mol. The number of ketones is 2. The van der Waals surface area contributed by atoms with E-state index in [4.69, 9.17) is 0 Å². The number of nitrogens with zero attached hydrogens (tertiary/aromatic N) is 3. The lowest BCUT2D eigenvalue weighted by Crippen LogP contribution is -2.24. The molecule has 0 radical (unpaired) electrons. The van der Waals surface area contributed by atoms with E-state index in [1.165, 1.54) is 75.4 Å². The Morgan fingerprint density at radius 1 is 0.822 bits per heavy atom. The molecule has 2 aromatic carbocycles. The van der Waals surface area contributed by atoms with Gasteiger partial charge in [0, 0.05) is 13.8 Å². The number of H-pyrrole nitrogens is 1. The van der Waals surface area contributed by atoms with Crippen molar-refractivity contribution in [1.29, 1.82) is 0 Å². The van der Waals surface area contributed by atoms with Crippen LogP contribution < -0.4 is 10.6 Å². The summed E-state index contributed by atoms with van der Waals surface area (Å²) in [6, 6.07) is 7.97. The zero-order chi connectivity index (χ0) is 33.4. The second kappa shape index (κ2) is 12.2. The van der Waals surface area contributed by atoms with E-state index in [0.717, 1.165) is 28.7 Å². The number of hydrogen-bond donors (Lipinski definition) is 3. The molecule has 0 spiro atoms. The summed E-state index contributed by atoms with van der Waals surface area (Å²) in [7, 11) is -9.48. The lowest BCUT2D eigenvalue weighted by molar-refractivity contribution is -0.115. The summed E-state index contributed by atoms with van der Waals surface area (Å²) in [5.41, 5.74) is -1.29. The van der Waals surface area contributed by atoms with Gasteiger partial charge in [0.2, 0.25) is 0 Å². The van der Waals surface area contributed by atoms with Crippen LogP contribution in [0.4, 0.5) is 5.69 Å². The molecule has 0 atom stereocenters. The van der Waals surface area contributed by atoms with Gasteiger partial charge in [0.05, 0.1) is 22.5 Å². The van der Waals surface area contributed by atoms with Crippen molar-refractivity contribution in [3.8, 4) is 5.69 Å². The van der Waals surface area contributed by atoms with Gasteiger partial charge in [-0.05, 0) is 49.3 Å². The number of aromatic nitrogens is 2. The molecule has 0 unspecified atom stereocenters. The topological polar surface area (TPSA) is 213 Å². The molecular weight excluding hydrogens is 628 g/mol. The second-order valence-electron chi connectivity index (χ2n) is 9.84. The fourth-order valence-electron chi connectivity index (χ4n) is 4.61. The fraction of sp³-hybridized carbons (Fsp3) is 0.138. The van der Waals surface area contributed by atoms with Gasteiger partial charge < -0.3 is 0 Å². The van der Waals surface area contributed by atoms with E-state index in [0.29, 0.717) is 5.56 Å². The molecule has 0 fully saturated rings. The Labute approximate surface area is 257 Å². The summed E-state index contributed by atoms with van der Waals surface area (Å²) < 4.78 is 68.1. The van der Waals surface area contributed by atoms with Crippen LogP contribution in [-0.2, 0) is 29.8 Å². The van der Waals surface area contributed by atoms with Crippen molar-refractivity contribution >= 4 is 55.2 Å². The van der Waals surface area contributed by atoms with Gasteiger partial charge in [-0.2, -0.15) is 26.9 Å². The highest BCUT2D eigenvalue weighted by molar-refractivity contribution is 7.86. The number of hydrazone groups is 1. The van der Waals surface area contributed by atoms with E-state index in [1.807, 2.05) is 0 Å². The maximum atomic E-state index is 13.3. The van der Waals surface area contributed by atoms with Crippen molar-refractivity contribution in [3.05, 3.63) is 99.0 Å². The number of Topliss-reactive ketones (excluding diaryl/α,β-unsaturated/α-hetero) is 2. The predicted molar refractivity (Wildman–Crippen MR) is 164 cm³/mol. The van der Waals surface area contributed by atoms with Crippen molar-refractivity contribution < 1.29 is 40.3 Å². The van der Waals surface area contributed by atoms with Crippen molar-refractivity contribution in [2.45, 2.75) is 37.5 Å². The minimum Gasteiger partial charge on any atom is -0.293 e. The second-order valence-corrected chi connectivity index (χ2v) is 12.6. The molecule has 1 aliphatic heterocycles. The number of hydrogen-bond acceptors (Lipinski definition) is 9. The van der Waals surface area contributed by atoms with Gasteiger partial charge in [-0.15, -0.1) is 0 Å². The first-order valence-corrected chi connectivity index (χ1v) is 15.8. The largest absolute Gasteiger partial charge is 0.296 e. The molecule has 45 heavy (non-hydrogen) atoms. The highest BCUT2D eigenvalue weighted by Gasteiger charge is 2.36. The van der Waals surface area contributed by atoms with Gasteiger partial charge in [0.25, 0.3) is 31.7 Å². The normalized spacial score (nSPS) is 15.1. The van der Waals surface area contributed by atoms with Crippen molar-refractivity contribution in [2.24, 2.45) is 5.10 Å². The van der Waals surface area contributed by atoms with Gasteiger partial charge in [0.15, 0.2) is 11.6 Å². The first kappa shape index (κ1) is 32.9. The molecule has 0 bridgehead atoms. The van der Waals surface area contributed by atoms with Crippen molar-refractivity contribution in [2.75, 3.05) is 5.01 Å². The zero-order valence-corrected chi connectivity index (χ0v) is 25.8. The number of nitrogens with one attached hydrogen (secondary N) is 1. The number of rotatable bonds is 9. The van der Waals surface area contributed by atoms with Gasteiger partial charge >= 0.3 is 0 Å². The standard InChI is InChI=1S/C29H26N4O10S2/c1-16-10-8-14-22(44(38,39)40)26(16)32-28(36)20(24(30-32)18(3)34)12-6-5-7-13-21-25(19(4)35)31-33(29(21)37)27-17(2)11-9-15-23(27)45(41,42)43/h5-15,30H,1-4H3,(H,38,39,40)(H,41,42,43)/b7-5+,12-6+,21-13-. The average molecular weight is 655 g/mol. The first-order valence-electron chi connectivity index (χ1n) is 12.9. The van der Waals surface area contributed by atoms with Crippen LogP contribution in [0.15, 0.2) is 86.0 Å². The third-order valence-electron chi connectivity index (χ3n) is 6.63. The molecule has 3 aromatic rings. The molecule has 0 aliphatic carbocycles. The number of amides is 1. The molecule has 1 amide bonds. The number of carbonyl (C=O) groups excluding carboxylic acids is 3. The third kappa shape index (κ3) is 6.44. The lowest BCUT2D eigenvalue weighted by atomic mass is 10.1. The van der Waals surface area contributed by atoms with Gasteiger partial charge in [-0.25, -0.2) is 4.68 Å². The number of anilines is 1. The molecule has 2 heterocycles. The Kier molecular flexibility index (Phi) is 8.88. The predicted octanol–water partition coefficient (Wildman–Crippen LogP) is 2.97. The molecule has 1 aliphatic rings. The number of benzene rings is 2. The van der Waals surface area contributed by atoms with E-state index in [-0.39, 0.29) is 39.5 Å². The quantitative estimate of drug-likeness (QED) is 0.133. The van der Waals surface area contributed by atoms with E-state index < -0.39 is 53.1 Å². The van der Waals surface area contributed by atoms with Crippen LogP contribution in [0.5, 0.6) is 0 Å². The first-order chi connectivity index (χ1) is 20.9. The Bertz CT molecular complexity index is 2180. The summed E-state index contributed by atoms with van der Waals surface area (Å²) in [4.78, 5) is 50.1. The molecule has 16 heteroatoms. The molecule has 1 aromatic heterocycles. The highest BCUT2D eigenvalue weighted by Crippen LogP contribution is 2.33. The van der Waals surface area contributed by atoms with Crippen LogP contribution in [0.25, 0.3) is 11.8 Å². The number of aromatic amines is 1. The molecule has 4 rings (SSSR count). The molecule has 0 saturated carbocycles. The Hall–Kier alpha value is -5.03. The Morgan fingerprint density at radius 2 is 1.38 bits per heavy atom. The number of allylic oxidation sites excluding steroid dienone is 4. The lowest BCUT2D eigenvalue weighted by Gasteiger charge is -2.17. The van der Waals surface area contributed by atoms with Crippen LogP contribution >= 0.6 is 0 Å². The smallest absolute Gasteiger partial charge is 0.293 e. The van der Waals surface area contributed by atoms with Crippen molar-refractivity contribution in [1.82, 2.24) is 9.78 Å². The molecule has 0 saturated heterocycles. The van der Waals surface area contributed by atoms with Crippen LogP contribution in [0, 0.1) is 13.8 Å². The molecule has 14 nitrogen and oxygen atoms in total. The summed E-state index contributed by atoms with van der Waals surface area (Å²) in [6.07, 6.45) is 6.56. The third-order valence-corrected chi connectivity index (χ3v) is 8.40. The van der Waals surface area contributed by atoms with Crippen molar-refractivity contribution in [3.63, 3.8) is 0 Å². The maximum absolute atomic E-state index is 13.3. The van der Waals surface area contributed by atoms with Gasteiger partial charge in [-0.3, -0.25) is 33.4 Å². The van der Waals surface area contributed by atoms with Crippen LogP contribution in [0.2, 0.25) is 0 Å². The highest BCUT2D eigenvalue weighted by atomic mass is 32.2. The van der Waals surface area contributed by atoms with Crippen LogP contribution in [0.1, 0.15) is 41.0 Å². The van der Waals surface area contributed by atoms with Crippen LogP contribution in [-0.4, -0.2) is 58.9 Å². The molecule has 3 N–H and O–H groups in total. The molecule has 234 valence electrons. The average Bonchev–Trinajstić information content (AvgIpc) is 3.43. The van der Waals surface area contributed by atoms with Gasteiger partial charge in [-0.1, -0.05) is 42.5 Å². The van der Waals surface area contributed by atoms with E-state index >= 15 is 0 Å².